The van der Waals surface area contributed by atoms with Gasteiger partial charge in [-0.1, -0.05) is 36.4 Å². The molecule has 164 valence electrons. The molecule has 0 spiro atoms. The summed E-state index contributed by atoms with van der Waals surface area (Å²) >= 11 is 1.62. The van der Waals surface area contributed by atoms with E-state index in [1.54, 1.807) is 53.8 Å². The summed E-state index contributed by atoms with van der Waals surface area (Å²) in [6, 6.07) is 18.9. The lowest BCUT2D eigenvalue weighted by Gasteiger charge is -2.42. The highest BCUT2D eigenvalue weighted by Crippen LogP contribution is 2.31. The van der Waals surface area contributed by atoms with Gasteiger partial charge in [0.05, 0.1) is 16.6 Å². The Hall–Kier alpha value is -2.26. The van der Waals surface area contributed by atoms with Crippen molar-refractivity contribution >= 4 is 27.0 Å². The minimum absolute atomic E-state index is 0.0961. The predicted octanol–water partition coefficient (Wildman–Crippen LogP) is 4.12. The molecule has 1 saturated heterocycles. The number of sulfonamides is 1. The van der Waals surface area contributed by atoms with Crippen LogP contribution in [0.15, 0.2) is 77.0 Å². The van der Waals surface area contributed by atoms with E-state index in [4.69, 9.17) is 0 Å². The van der Waals surface area contributed by atoms with E-state index in [0.717, 1.165) is 4.88 Å². The number of anilines is 1. The maximum atomic E-state index is 14.2. The van der Waals surface area contributed by atoms with Crippen LogP contribution in [-0.4, -0.2) is 45.5 Å². The number of rotatable bonds is 7. The summed E-state index contributed by atoms with van der Waals surface area (Å²) in [5.74, 6) is -0.213. The van der Waals surface area contributed by atoms with Crippen molar-refractivity contribution in [3.05, 3.63) is 82.8 Å². The van der Waals surface area contributed by atoms with Gasteiger partial charge in [0.25, 0.3) is 0 Å². The molecule has 31 heavy (non-hydrogen) atoms. The minimum Gasteiger partial charge on any atom is -0.367 e. The number of hydrogen-bond donors (Lipinski definition) is 1. The number of halogens is 1. The molecular formula is C23H26FN3O2S2. The third-order valence-corrected chi connectivity index (χ3v) is 8.12. The summed E-state index contributed by atoms with van der Waals surface area (Å²) in [7, 11) is -3.63. The molecule has 0 aliphatic carbocycles. The summed E-state index contributed by atoms with van der Waals surface area (Å²) in [4.78, 5) is 5.72. The third kappa shape index (κ3) is 4.98. The normalized spacial score (nSPS) is 17.4. The zero-order chi connectivity index (χ0) is 21.8. The smallest absolute Gasteiger partial charge is 0.240 e. The molecule has 5 nitrogen and oxygen atoms in total. The second kappa shape index (κ2) is 9.48. The van der Waals surface area contributed by atoms with E-state index in [2.05, 4.69) is 14.5 Å². The first-order chi connectivity index (χ1) is 15.0. The van der Waals surface area contributed by atoms with Crippen LogP contribution in [0, 0.1) is 5.82 Å². The Kier molecular flexibility index (Phi) is 6.71. The van der Waals surface area contributed by atoms with Crippen molar-refractivity contribution in [2.75, 3.05) is 31.1 Å². The molecule has 1 aliphatic heterocycles. The van der Waals surface area contributed by atoms with Crippen LogP contribution in [0.5, 0.6) is 0 Å². The number of hydrogen-bond acceptors (Lipinski definition) is 5. The Balaban J connectivity index is 1.51. The average molecular weight is 460 g/mol. The summed E-state index contributed by atoms with van der Waals surface area (Å²) in [6.07, 6.45) is 0. The summed E-state index contributed by atoms with van der Waals surface area (Å²) in [5, 5.41) is 2.01. The maximum Gasteiger partial charge on any atom is 0.240 e. The van der Waals surface area contributed by atoms with Crippen molar-refractivity contribution in [1.82, 2.24) is 9.62 Å². The average Bonchev–Trinajstić information content (AvgIpc) is 3.29. The lowest BCUT2D eigenvalue weighted by molar-refractivity contribution is 0.163. The van der Waals surface area contributed by atoms with Gasteiger partial charge in [-0.3, -0.25) is 4.90 Å². The lowest BCUT2D eigenvalue weighted by Crippen LogP contribution is -2.52. The van der Waals surface area contributed by atoms with Gasteiger partial charge in [-0.15, -0.1) is 11.3 Å². The Labute approximate surface area is 187 Å². The van der Waals surface area contributed by atoms with Gasteiger partial charge in [-0.25, -0.2) is 17.5 Å². The summed E-state index contributed by atoms with van der Waals surface area (Å²) in [6.45, 7) is 4.71. The van der Waals surface area contributed by atoms with E-state index in [1.165, 1.54) is 6.07 Å². The largest absolute Gasteiger partial charge is 0.367 e. The van der Waals surface area contributed by atoms with E-state index in [0.29, 0.717) is 31.9 Å². The molecule has 0 saturated carbocycles. The monoisotopic (exact) mass is 459 g/mol. The molecule has 2 heterocycles. The van der Waals surface area contributed by atoms with Gasteiger partial charge < -0.3 is 4.90 Å². The molecular weight excluding hydrogens is 433 g/mol. The number of nitrogens with zero attached hydrogens (tertiary/aromatic N) is 2. The highest BCUT2D eigenvalue weighted by atomic mass is 32.2. The highest BCUT2D eigenvalue weighted by Gasteiger charge is 2.32. The molecule has 8 heteroatoms. The van der Waals surface area contributed by atoms with Crippen LogP contribution in [0.1, 0.15) is 17.8 Å². The highest BCUT2D eigenvalue weighted by molar-refractivity contribution is 7.89. The van der Waals surface area contributed by atoms with Crippen molar-refractivity contribution < 1.29 is 12.8 Å². The standard InChI is InChI=1S/C23H26FN3O2S2/c1-18(25-31(28,29)19-8-3-2-4-9-19)23(22-12-7-17-30-22)27-15-13-26(14-16-27)21-11-6-5-10-20(21)24/h2-12,17-18,23,25H,13-16H2,1H3/t18-,23+/m0/s1. The molecule has 0 bridgehead atoms. The van der Waals surface area contributed by atoms with Crippen LogP contribution in [0.25, 0.3) is 0 Å². The first-order valence-electron chi connectivity index (χ1n) is 10.3. The quantitative estimate of drug-likeness (QED) is 0.578. The van der Waals surface area contributed by atoms with Crippen LogP contribution in [0.3, 0.4) is 0 Å². The Morgan fingerprint density at radius 3 is 2.26 bits per heavy atom. The van der Waals surface area contributed by atoms with E-state index in [1.807, 2.05) is 30.5 Å². The molecule has 1 aliphatic rings. The van der Waals surface area contributed by atoms with Crippen molar-refractivity contribution in [1.29, 1.82) is 0 Å². The van der Waals surface area contributed by atoms with Gasteiger partial charge in [0, 0.05) is 37.1 Å². The first kappa shape index (κ1) is 22.0. The van der Waals surface area contributed by atoms with Gasteiger partial charge in [-0.2, -0.15) is 0 Å². The van der Waals surface area contributed by atoms with Gasteiger partial charge in [-0.05, 0) is 42.6 Å². The van der Waals surface area contributed by atoms with Crippen LogP contribution < -0.4 is 9.62 Å². The van der Waals surface area contributed by atoms with Gasteiger partial charge in [0.2, 0.25) is 10.0 Å². The summed E-state index contributed by atoms with van der Waals surface area (Å²) < 4.78 is 42.9. The third-order valence-electron chi connectivity index (χ3n) is 5.60. The van der Waals surface area contributed by atoms with Gasteiger partial charge in [0.1, 0.15) is 5.82 Å². The van der Waals surface area contributed by atoms with Crippen LogP contribution in [0.2, 0.25) is 0 Å². The number of para-hydroxylation sites is 1. The molecule has 1 fully saturated rings. The van der Waals surface area contributed by atoms with E-state index in [9.17, 15) is 12.8 Å². The SMILES string of the molecule is C[C@H](NS(=O)(=O)c1ccccc1)[C@H](c1cccs1)N1CCN(c2ccccc2F)CC1. The minimum atomic E-state index is -3.63. The van der Waals surface area contributed by atoms with Crippen LogP contribution >= 0.6 is 11.3 Å². The fraction of sp³-hybridized carbons (Fsp3) is 0.304. The Morgan fingerprint density at radius 1 is 0.935 bits per heavy atom. The van der Waals surface area contributed by atoms with E-state index >= 15 is 0 Å². The molecule has 3 aromatic rings. The summed E-state index contributed by atoms with van der Waals surface area (Å²) in [5.41, 5.74) is 0.618. The molecule has 0 amide bonds. The van der Waals surface area contributed by atoms with Gasteiger partial charge in [0.15, 0.2) is 0 Å². The Morgan fingerprint density at radius 2 is 1.61 bits per heavy atom. The molecule has 2 atom stereocenters. The zero-order valence-electron chi connectivity index (χ0n) is 17.3. The second-order valence-electron chi connectivity index (χ2n) is 7.66. The van der Waals surface area contributed by atoms with Crippen LogP contribution in [0.4, 0.5) is 10.1 Å². The lowest BCUT2D eigenvalue weighted by atomic mass is 10.1. The van der Waals surface area contributed by atoms with Crippen molar-refractivity contribution in [2.45, 2.75) is 23.9 Å². The van der Waals surface area contributed by atoms with E-state index < -0.39 is 10.0 Å². The molecule has 1 aromatic heterocycles. The van der Waals surface area contributed by atoms with Crippen LogP contribution in [-0.2, 0) is 10.0 Å². The number of thiophene rings is 1. The fourth-order valence-electron chi connectivity index (χ4n) is 4.13. The molecule has 1 N–H and O–H groups in total. The van der Waals surface area contributed by atoms with Crippen molar-refractivity contribution in [2.24, 2.45) is 0 Å². The number of nitrogens with one attached hydrogen (secondary N) is 1. The molecule has 0 radical (unpaired) electrons. The second-order valence-corrected chi connectivity index (χ2v) is 10.4. The van der Waals surface area contributed by atoms with E-state index in [-0.39, 0.29) is 22.8 Å². The fourth-order valence-corrected chi connectivity index (χ4v) is 6.36. The van der Waals surface area contributed by atoms with Crippen molar-refractivity contribution in [3.63, 3.8) is 0 Å². The Bertz CT molecular complexity index is 1080. The number of benzene rings is 2. The maximum absolute atomic E-state index is 14.2. The predicted molar refractivity (Wildman–Crippen MR) is 123 cm³/mol. The molecule has 2 aromatic carbocycles. The number of piperazine rings is 1. The first-order valence-corrected chi connectivity index (χ1v) is 12.7. The van der Waals surface area contributed by atoms with Gasteiger partial charge >= 0.3 is 0 Å². The van der Waals surface area contributed by atoms with Crippen molar-refractivity contribution in [3.8, 4) is 0 Å². The molecule has 0 unspecified atom stereocenters. The molecule has 4 rings (SSSR count). The zero-order valence-corrected chi connectivity index (χ0v) is 18.9. The topological polar surface area (TPSA) is 52.7 Å².